The predicted molar refractivity (Wildman–Crippen MR) is 45.6 cm³/mol. The maximum atomic E-state index is 11.0. The van der Waals surface area contributed by atoms with Crippen molar-refractivity contribution in [2.45, 2.75) is 0 Å². The first kappa shape index (κ1) is 7.53. The Labute approximate surface area is 72.6 Å². The number of carbonyl (C=O) groups is 2. The lowest BCUT2D eigenvalue weighted by Gasteiger charge is -2.03. The molecular weight excluding hydrogens is 172 g/mol. The summed E-state index contributed by atoms with van der Waals surface area (Å²) in [7, 11) is 0. The van der Waals surface area contributed by atoms with E-state index in [1.807, 2.05) is 0 Å². The third-order valence-corrected chi connectivity index (χ3v) is 1.63. The SMILES string of the molecule is NC(=O)C1=CN=C2C(=O)N=CN=C12. The molecule has 2 N–H and O–H groups in total. The van der Waals surface area contributed by atoms with E-state index in [0.717, 1.165) is 6.34 Å². The molecule has 0 aliphatic carbocycles. The maximum absolute atomic E-state index is 11.0. The normalized spacial score (nSPS) is 19.1. The van der Waals surface area contributed by atoms with E-state index in [4.69, 9.17) is 5.73 Å². The van der Waals surface area contributed by atoms with Crippen molar-refractivity contribution in [2.75, 3.05) is 0 Å². The van der Waals surface area contributed by atoms with E-state index in [2.05, 4.69) is 15.0 Å². The molecule has 0 fully saturated rings. The standard InChI is InChI=1S/C7H4N4O2/c8-6(12)3-1-9-5-4(3)10-2-11-7(5)13/h1-2H,(H2,8,12). The maximum Gasteiger partial charge on any atom is 0.299 e. The molecule has 0 spiro atoms. The van der Waals surface area contributed by atoms with E-state index in [1.54, 1.807) is 0 Å². The van der Waals surface area contributed by atoms with Gasteiger partial charge >= 0.3 is 0 Å². The van der Waals surface area contributed by atoms with Gasteiger partial charge in [0, 0.05) is 6.20 Å². The molecule has 0 atom stereocenters. The van der Waals surface area contributed by atoms with Crippen LogP contribution in [0.4, 0.5) is 0 Å². The molecule has 0 bridgehead atoms. The fourth-order valence-corrected chi connectivity index (χ4v) is 1.05. The van der Waals surface area contributed by atoms with Crippen LogP contribution in [0, 0.1) is 0 Å². The molecule has 0 aromatic heterocycles. The Hall–Kier alpha value is -2.11. The molecular formula is C7H4N4O2. The van der Waals surface area contributed by atoms with E-state index in [1.165, 1.54) is 6.20 Å². The van der Waals surface area contributed by atoms with Crippen LogP contribution < -0.4 is 5.73 Å². The number of primary amides is 1. The Morgan fingerprint density at radius 3 is 2.77 bits per heavy atom. The third kappa shape index (κ3) is 0.994. The van der Waals surface area contributed by atoms with Crippen molar-refractivity contribution in [1.29, 1.82) is 0 Å². The lowest BCUT2D eigenvalue weighted by molar-refractivity contribution is -0.114. The van der Waals surface area contributed by atoms with Crippen molar-refractivity contribution < 1.29 is 9.59 Å². The average Bonchev–Trinajstić information content (AvgIpc) is 2.48. The average molecular weight is 176 g/mol. The Bertz CT molecular complexity index is 428. The Morgan fingerprint density at radius 1 is 1.31 bits per heavy atom. The van der Waals surface area contributed by atoms with Crippen LogP contribution in [0.5, 0.6) is 0 Å². The van der Waals surface area contributed by atoms with Gasteiger partial charge in [-0.1, -0.05) is 0 Å². The second-order valence-electron chi connectivity index (χ2n) is 2.41. The van der Waals surface area contributed by atoms with E-state index >= 15 is 0 Å². The van der Waals surface area contributed by atoms with E-state index < -0.39 is 11.8 Å². The summed E-state index contributed by atoms with van der Waals surface area (Å²) in [6.45, 7) is 0. The molecule has 0 radical (unpaired) electrons. The largest absolute Gasteiger partial charge is 0.365 e. The Morgan fingerprint density at radius 2 is 2.08 bits per heavy atom. The highest BCUT2D eigenvalue weighted by atomic mass is 16.2. The Kier molecular flexibility index (Phi) is 1.42. The van der Waals surface area contributed by atoms with E-state index in [-0.39, 0.29) is 17.0 Å². The van der Waals surface area contributed by atoms with Crippen LogP contribution >= 0.6 is 0 Å². The van der Waals surface area contributed by atoms with Crippen molar-refractivity contribution in [3.8, 4) is 0 Å². The summed E-state index contributed by atoms with van der Waals surface area (Å²) in [5.41, 5.74) is 5.48. The fraction of sp³-hybridized carbons (Fsp3) is 0. The first-order valence-electron chi connectivity index (χ1n) is 3.43. The molecule has 2 amide bonds. The van der Waals surface area contributed by atoms with Gasteiger partial charge in [0.15, 0.2) is 5.71 Å². The van der Waals surface area contributed by atoms with E-state index in [0.29, 0.717) is 0 Å². The van der Waals surface area contributed by atoms with Crippen molar-refractivity contribution >= 4 is 29.6 Å². The minimum absolute atomic E-state index is 0.0799. The highest BCUT2D eigenvalue weighted by Gasteiger charge is 2.29. The molecule has 64 valence electrons. The molecule has 0 aromatic rings. The molecule has 6 heteroatoms. The van der Waals surface area contributed by atoms with Crippen LogP contribution in [-0.2, 0) is 9.59 Å². The van der Waals surface area contributed by atoms with Crippen molar-refractivity contribution in [2.24, 2.45) is 20.7 Å². The predicted octanol–water partition coefficient (Wildman–Crippen LogP) is -1.18. The quantitative estimate of drug-likeness (QED) is 0.544. The van der Waals surface area contributed by atoms with Gasteiger partial charge in [-0.3, -0.25) is 9.59 Å². The summed E-state index contributed by atoms with van der Waals surface area (Å²) in [4.78, 5) is 32.7. The summed E-state index contributed by atoms with van der Waals surface area (Å²) in [5.74, 6) is -1.15. The minimum atomic E-state index is -0.652. The van der Waals surface area contributed by atoms with Crippen LogP contribution in [-0.4, -0.2) is 29.6 Å². The minimum Gasteiger partial charge on any atom is -0.365 e. The van der Waals surface area contributed by atoms with Gasteiger partial charge in [-0.25, -0.2) is 9.98 Å². The molecule has 2 rings (SSSR count). The molecule has 2 aliphatic heterocycles. The number of amides is 2. The van der Waals surface area contributed by atoms with Gasteiger partial charge in [0.1, 0.15) is 12.1 Å². The van der Waals surface area contributed by atoms with E-state index in [9.17, 15) is 9.59 Å². The zero-order valence-corrected chi connectivity index (χ0v) is 6.39. The molecule has 2 heterocycles. The fourth-order valence-electron chi connectivity index (χ4n) is 1.05. The second-order valence-corrected chi connectivity index (χ2v) is 2.41. The molecule has 2 aliphatic rings. The molecule has 6 nitrogen and oxygen atoms in total. The molecule has 0 unspecified atom stereocenters. The summed E-state index contributed by atoms with van der Waals surface area (Å²) >= 11 is 0. The van der Waals surface area contributed by atoms with Gasteiger partial charge in [0.2, 0.25) is 0 Å². The number of carbonyl (C=O) groups excluding carboxylic acids is 2. The van der Waals surface area contributed by atoms with Gasteiger partial charge in [-0.15, -0.1) is 0 Å². The van der Waals surface area contributed by atoms with Crippen LogP contribution in [0.15, 0.2) is 26.8 Å². The van der Waals surface area contributed by atoms with Gasteiger partial charge in [-0.05, 0) is 0 Å². The third-order valence-electron chi connectivity index (χ3n) is 1.63. The zero-order valence-electron chi connectivity index (χ0n) is 6.39. The summed E-state index contributed by atoms with van der Waals surface area (Å²) in [6, 6.07) is 0. The highest BCUT2D eigenvalue weighted by molar-refractivity contribution is 6.75. The lowest BCUT2D eigenvalue weighted by atomic mass is 10.1. The second kappa shape index (κ2) is 2.44. The monoisotopic (exact) mass is 176 g/mol. The molecule has 0 saturated heterocycles. The van der Waals surface area contributed by atoms with Crippen molar-refractivity contribution in [3.63, 3.8) is 0 Å². The van der Waals surface area contributed by atoms with Crippen molar-refractivity contribution in [1.82, 2.24) is 0 Å². The van der Waals surface area contributed by atoms with Crippen LogP contribution in [0.25, 0.3) is 0 Å². The van der Waals surface area contributed by atoms with Crippen LogP contribution in [0.1, 0.15) is 0 Å². The number of nitrogens with zero attached hydrogens (tertiary/aromatic N) is 3. The number of fused-ring (bicyclic) bond motifs is 1. The van der Waals surface area contributed by atoms with Gasteiger partial charge < -0.3 is 5.73 Å². The first-order valence-corrected chi connectivity index (χ1v) is 3.43. The smallest absolute Gasteiger partial charge is 0.299 e. The number of aliphatic imine (C=N–C) groups is 3. The summed E-state index contributed by atoms with van der Waals surface area (Å²) in [6.07, 6.45) is 2.31. The van der Waals surface area contributed by atoms with Gasteiger partial charge in [0.25, 0.3) is 11.8 Å². The number of hydrogen-bond acceptors (Lipinski definition) is 4. The number of rotatable bonds is 1. The zero-order chi connectivity index (χ0) is 9.42. The highest BCUT2D eigenvalue weighted by Crippen LogP contribution is 2.12. The van der Waals surface area contributed by atoms with Crippen molar-refractivity contribution in [3.05, 3.63) is 11.8 Å². The summed E-state index contributed by atoms with van der Waals surface area (Å²) in [5, 5.41) is 0. The van der Waals surface area contributed by atoms with Crippen LogP contribution in [0.3, 0.4) is 0 Å². The lowest BCUT2D eigenvalue weighted by Crippen LogP contribution is -2.29. The topological polar surface area (TPSA) is 97.2 Å². The first-order chi connectivity index (χ1) is 6.20. The Balaban J connectivity index is 2.47. The van der Waals surface area contributed by atoms with Gasteiger partial charge in [0.05, 0.1) is 5.57 Å². The molecule has 0 aromatic carbocycles. The molecule has 13 heavy (non-hydrogen) atoms. The number of hydrogen-bond donors (Lipinski definition) is 1. The van der Waals surface area contributed by atoms with Crippen LogP contribution in [0.2, 0.25) is 0 Å². The summed E-state index contributed by atoms with van der Waals surface area (Å²) < 4.78 is 0. The van der Waals surface area contributed by atoms with Gasteiger partial charge in [-0.2, -0.15) is 4.99 Å². The number of nitrogens with two attached hydrogens (primary N) is 1. The molecule has 0 saturated carbocycles.